The molecule has 4 heterocycles. The van der Waals surface area contributed by atoms with Crippen molar-refractivity contribution in [2.75, 3.05) is 26.3 Å². The Bertz CT molecular complexity index is 785. The first kappa shape index (κ1) is 15.6. The zero-order valence-corrected chi connectivity index (χ0v) is 13.9. The van der Waals surface area contributed by atoms with Gasteiger partial charge in [0.1, 0.15) is 5.65 Å². The van der Waals surface area contributed by atoms with Crippen molar-refractivity contribution in [2.45, 2.75) is 18.6 Å². The van der Waals surface area contributed by atoms with Gasteiger partial charge in [0, 0.05) is 38.2 Å². The summed E-state index contributed by atoms with van der Waals surface area (Å²) in [5, 5.41) is 0.385. The average Bonchev–Trinajstić information content (AvgIpc) is 3.17. The second-order valence-electron chi connectivity index (χ2n) is 5.98. The van der Waals surface area contributed by atoms with Crippen LogP contribution < -0.4 is 0 Å². The molecular weight excluding hydrogens is 330 g/mol. The van der Waals surface area contributed by atoms with Gasteiger partial charge in [-0.2, -0.15) is 0 Å². The second-order valence-corrected chi connectivity index (χ2v) is 6.34. The van der Waals surface area contributed by atoms with Crippen molar-refractivity contribution in [1.82, 2.24) is 14.3 Å². The van der Waals surface area contributed by atoms with Crippen molar-refractivity contribution < 1.29 is 14.3 Å². The normalized spacial score (nSPS) is 20.5. The minimum atomic E-state index is -0.467. The number of hydrogen-bond donors (Lipinski definition) is 0. The van der Waals surface area contributed by atoms with Gasteiger partial charge in [-0.3, -0.25) is 9.20 Å². The van der Waals surface area contributed by atoms with Crippen LogP contribution in [-0.4, -0.2) is 52.3 Å². The number of carbonyl (C=O) groups excluding carboxylic acids is 1. The van der Waals surface area contributed by atoms with Crippen molar-refractivity contribution in [2.24, 2.45) is 0 Å². The Morgan fingerprint density at radius 1 is 1.25 bits per heavy atom. The maximum Gasteiger partial charge on any atom is 0.246 e. The molecule has 2 saturated heterocycles. The third-order valence-electron chi connectivity index (χ3n) is 4.56. The lowest BCUT2D eigenvalue weighted by atomic mass is 10.0. The summed E-state index contributed by atoms with van der Waals surface area (Å²) in [7, 11) is 0. The summed E-state index contributed by atoms with van der Waals surface area (Å²) in [6.07, 6.45) is 6.57. The summed E-state index contributed by atoms with van der Waals surface area (Å²) >= 11 is 6.18. The topological polar surface area (TPSA) is 56.1 Å². The number of imidazole rings is 1. The Morgan fingerprint density at radius 3 is 2.75 bits per heavy atom. The van der Waals surface area contributed by atoms with Gasteiger partial charge in [0.2, 0.25) is 5.91 Å². The first-order chi connectivity index (χ1) is 11.7. The lowest BCUT2D eigenvalue weighted by Gasteiger charge is -2.37. The van der Waals surface area contributed by atoms with E-state index < -0.39 is 5.79 Å². The summed E-state index contributed by atoms with van der Waals surface area (Å²) in [6, 6.07) is 5.67. The first-order valence-electron chi connectivity index (χ1n) is 8.04. The summed E-state index contributed by atoms with van der Waals surface area (Å²) in [4.78, 5) is 18.5. The van der Waals surface area contributed by atoms with E-state index in [4.69, 9.17) is 21.1 Å². The van der Waals surface area contributed by atoms with Gasteiger partial charge in [-0.05, 0) is 18.2 Å². The van der Waals surface area contributed by atoms with Gasteiger partial charge in [-0.1, -0.05) is 17.7 Å². The lowest BCUT2D eigenvalue weighted by Crippen LogP contribution is -2.46. The zero-order chi connectivity index (χ0) is 16.6. The maximum atomic E-state index is 12.4. The number of rotatable bonds is 2. The van der Waals surface area contributed by atoms with E-state index in [-0.39, 0.29) is 5.91 Å². The van der Waals surface area contributed by atoms with Gasteiger partial charge in [0.05, 0.1) is 18.9 Å². The summed E-state index contributed by atoms with van der Waals surface area (Å²) in [5.41, 5.74) is 1.46. The van der Waals surface area contributed by atoms with Crippen molar-refractivity contribution in [3.8, 4) is 0 Å². The van der Waals surface area contributed by atoms with Crippen molar-refractivity contribution >= 4 is 29.2 Å². The van der Waals surface area contributed by atoms with Crippen LogP contribution in [0.1, 0.15) is 18.5 Å². The fourth-order valence-electron chi connectivity index (χ4n) is 3.24. The van der Waals surface area contributed by atoms with Gasteiger partial charge < -0.3 is 14.4 Å². The summed E-state index contributed by atoms with van der Waals surface area (Å²) in [5.74, 6) is -0.504. The predicted octanol–water partition coefficient (Wildman–Crippen LogP) is 2.37. The molecule has 126 valence electrons. The molecule has 0 aliphatic carbocycles. The fraction of sp³-hybridized carbons (Fsp3) is 0.412. The number of likely N-dealkylation sites (tertiary alicyclic amines) is 1. The van der Waals surface area contributed by atoms with Crippen LogP contribution in [0.15, 0.2) is 30.5 Å². The zero-order valence-electron chi connectivity index (χ0n) is 13.2. The quantitative estimate of drug-likeness (QED) is 0.783. The van der Waals surface area contributed by atoms with Gasteiger partial charge in [0.15, 0.2) is 10.9 Å². The van der Waals surface area contributed by atoms with E-state index in [1.165, 1.54) is 0 Å². The van der Waals surface area contributed by atoms with Gasteiger partial charge in [-0.15, -0.1) is 0 Å². The molecule has 1 amide bonds. The summed E-state index contributed by atoms with van der Waals surface area (Å²) < 4.78 is 13.2. The predicted molar refractivity (Wildman–Crippen MR) is 89.7 cm³/mol. The molecule has 24 heavy (non-hydrogen) atoms. The molecule has 2 aliphatic rings. The van der Waals surface area contributed by atoms with Crippen LogP contribution in [0.2, 0.25) is 5.15 Å². The minimum absolute atomic E-state index is 0.0372. The Labute approximate surface area is 144 Å². The van der Waals surface area contributed by atoms with Crippen molar-refractivity contribution in [1.29, 1.82) is 0 Å². The molecule has 2 aromatic rings. The Balaban J connectivity index is 1.46. The standard InChI is InChI=1S/C17H18ClN3O3/c18-16-13(21-8-2-1-3-14(21)19-16)4-5-15(22)20-9-6-17(7-10-20)23-11-12-24-17/h1-5,8H,6-7,9-12H2/b5-4+. The highest BCUT2D eigenvalue weighted by molar-refractivity contribution is 6.31. The van der Waals surface area contributed by atoms with Crippen molar-refractivity contribution in [3.05, 3.63) is 41.3 Å². The van der Waals surface area contributed by atoms with Crippen LogP contribution in [0.25, 0.3) is 11.7 Å². The number of hydrogen-bond acceptors (Lipinski definition) is 4. The molecule has 2 aliphatic heterocycles. The van der Waals surface area contributed by atoms with Gasteiger partial charge >= 0.3 is 0 Å². The van der Waals surface area contributed by atoms with Crippen LogP contribution in [-0.2, 0) is 14.3 Å². The number of carbonyl (C=O) groups is 1. The third-order valence-corrected chi connectivity index (χ3v) is 4.83. The number of fused-ring (bicyclic) bond motifs is 1. The molecule has 2 fully saturated rings. The lowest BCUT2D eigenvalue weighted by molar-refractivity contribution is -0.186. The largest absolute Gasteiger partial charge is 0.347 e. The van der Waals surface area contributed by atoms with E-state index in [2.05, 4.69) is 4.98 Å². The summed E-state index contributed by atoms with van der Waals surface area (Å²) in [6.45, 7) is 2.54. The fourth-order valence-corrected chi connectivity index (χ4v) is 3.48. The molecular formula is C17H18ClN3O3. The number of halogens is 1. The highest BCUT2D eigenvalue weighted by Crippen LogP contribution is 2.31. The van der Waals surface area contributed by atoms with E-state index in [0.717, 1.165) is 5.65 Å². The van der Waals surface area contributed by atoms with Crippen LogP contribution >= 0.6 is 11.6 Å². The molecule has 7 heteroatoms. The van der Waals surface area contributed by atoms with Crippen LogP contribution in [0.4, 0.5) is 0 Å². The Morgan fingerprint density at radius 2 is 2.00 bits per heavy atom. The van der Waals surface area contributed by atoms with Crippen LogP contribution in [0.5, 0.6) is 0 Å². The molecule has 1 spiro atoms. The number of ether oxygens (including phenoxy) is 2. The molecule has 4 rings (SSSR count). The first-order valence-corrected chi connectivity index (χ1v) is 8.42. The second kappa shape index (κ2) is 6.20. The van der Waals surface area contributed by atoms with E-state index >= 15 is 0 Å². The molecule has 2 aromatic heterocycles. The van der Waals surface area contributed by atoms with E-state index in [1.54, 1.807) is 12.2 Å². The molecule has 0 atom stereocenters. The number of pyridine rings is 1. The SMILES string of the molecule is O=C(/C=C/c1c(Cl)nc2ccccn12)N1CCC2(CC1)OCCO2. The molecule has 0 aromatic carbocycles. The highest BCUT2D eigenvalue weighted by Gasteiger charge is 2.40. The van der Waals surface area contributed by atoms with Crippen LogP contribution in [0, 0.1) is 0 Å². The molecule has 0 unspecified atom stereocenters. The number of nitrogens with zero attached hydrogens (tertiary/aromatic N) is 3. The molecule has 0 bridgehead atoms. The van der Waals surface area contributed by atoms with Gasteiger partial charge in [0.25, 0.3) is 0 Å². The Hall–Kier alpha value is -1.89. The Kier molecular flexibility index (Phi) is 4.04. The van der Waals surface area contributed by atoms with E-state index in [9.17, 15) is 4.79 Å². The number of aromatic nitrogens is 2. The van der Waals surface area contributed by atoms with E-state index in [0.29, 0.717) is 50.0 Å². The average molecular weight is 348 g/mol. The molecule has 0 radical (unpaired) electrons. The smallest absolute Gasteiger partial charge is 0.246 e. The van der Waals surface area contributed by atoms with Crippen LogP contribution in [0.3, 0.4) is 0 Å². The molecule has 0 saturated carbocycles. The van der Waals surface area contributed by atoms with Gasteiger partial charge in [-0.25, -0.2) is 4.98 Å². The highest BCUT2D eigenvalue weighted by atomic mass is 35.5. The van der Waals surface area contributed by atoms with Crippen molar-refractivity contribution in [3.63, 3.8) is 0 Å². The van der Waals surface area contributed by atoms with E-state index in [1.807, 2.05) is 33.7 Å². The monoisotopic (exact) mass is 347 g/mol. The molecule has 0 N–H and O–H groups in total. The maximum absolute atomic E-state index is 12.4. The third kappa shape index (κ3) is 2.81. The molecule has 6 nitrogen and oxygen atoms in total. The number of amides is 1. The minimum Gasteiger partial charge on any atom is -0.347 e. The number of piperidine rings is 1.